The Labute approximate surface area is 106 Å². The van der Waals surface area contributed by atoms with Crippen LogP contribution >= 0.6 is 15.9 Å². The number of esters is 1. The number of methoxy groups -OCH3 is 1. The fourth-order valence-electron chi connectivity index (χ4n) is 1.60. The van der Waals surface area contributed by atoms with Crippen LogP contribution in [0.1, 0.15) is 23.1 Å². The lowest BCUT2D eigenvalue weighted by Crippen LogP contribution is -2.06. The first kappa shape index (κ1) is 11.9. The molecular weight excluding hydrogens is 290 g/mol. The monoisotopic (exact) mass is 299 g/mol. The molecule has 0 fully saturated rings. The maximum atomic E-state index is 11.5. The predicted molar refractivity (Wildman–Crippen MR) is 64.1 cm³/mol. The largest absolute Gasteiger partial charge is 0.505 e. The number of furan rings is 1. The molecule has 2 rings (SSSR count). The van der Waals surface area contributed by atoms with E-state index in [4.69, 9.17) is 4.42 Å². The Morgan fingerprint density at radius 3 is 2.94 bits per heavy atom. The summed E-state index contributed by atoms with van der Waals surface area (Å²) < 4.78 is 10.4. The van der Waals surface area contributed by atoms with Gasteiger partial charge in [-0.15, -0.1) is 0 Å². The van der Waals surface area contributed by atoms with E-state index < -0.39 is 5.97 Å². The highest BCUT2D eigenvalue weighted by molar-refractivity contribution is 9.10. The van der Waals surface area contributed by atoms with Crippen LogP contribution in [0.2, 0.25) is 0 Å². The minimum Gasteiger partial charge on any atom is -0.505 e. The van der Waals surface area contributed by atoms with Crippen molar-refractivity contribution < 1.29 is 19.1 Å². The molecule has 0 aliphatic rings. The molecule has 0 bridgehead atoms. The van der Waals surface area contributed by atoms with Crippen molar-refractivity contribution in [2.24, 2.45) is 0 Å². The summed E-state index contributed by atoms with van der Waals surface area (Å²) in [7, 11) is 1.24. The van der Waals surface area contributed by atoms with Crippen LogP contribution in [0.5, 0.6) is 5.75 Å². The Balaban J connectivity index is 2.79. The SMILES string of the molecule is CCc1nc(C(=O)OC)c(O)c2cc(Br)oc12. The Bertz CT molecular complexity index is 591. The summed E-state index contributed by atoms with van der Waals surface area (Å²) in [6.45, 7) is 1.89. The van der Waals surface area contributed by atoms with Crippen molar-refractivity contribution in [3.05, 3.63) is 22.1 Å². The van der Waals surface area contributed by atoms with Crippen molar-refractivity contribution in [2.75, 3.05) is 7.11 Å². The molecule has 6 heteroatoms. The van der Waals surface area contributed by atoms with Crippen molar-refractivity contribution >= 4 is 32.9 Å². The summed E-state index contributed by atoms with van der Waals surface area (Å²) in [5, 5.41) is 10.4. The third-order valence-electron chi connectivity index (χ3n) is 2.40. The number of hydrogen-bond donors (Lipinski definition) is 1. The third-order valence-corrected chi connectivity index (χ3v) is 2.79. The van der Waals surface area contributed by atoms with E-state index in [9.17, 15) is 9.90 Å². The molecular formula is C11H10BrNO4. The maximum Gasteiger partial charge on any atom is 0.360 e. The van der Waals surface area contributed by atoms with Gasteiger partial charge in [0.25, 0.3) is 0 Å². The van der Waals surface area contributed by atoms with Gasteiger partial charge in [-0.25, -0.2) is 9.78 Å². The molecule has 0 spiro atoms. The van der Waals surface area contributed by atoms with Gasteiger partial charge in [-0.05, 0) is 22.4 Å². The number of halogens is 1. The molecule has 0 saturated heterocycles. The third kappa shape index (κ3) is 1.88. The van der Waals surface area contributed by atoms with Crippen LogP contribution in [0.25, 0.3) is 11.0 Å². The quantitative estimate of drug-likeness (QED) is 0.863. The van der Waals surface area contributed by atoms with E-state index in [-0.39, 0.29) is 11.4 Å². The van der Waals surface area contributed by atoms with E-state index in [0.29, 0.717) is 27.8 Å². The van der Waals surface area contributed by atoms with Crippen LogP contribution in [-0.2, 0) is 11.2 Å². The number of rotatable bonds is 2. The van der Waals surface area contributed by atoms with Gasteiger partial charge in [0.1, 0.15) is 0 Å². The Hall–Kier alpha value is -1.56. The number of fused-ring (bicyclic) bond motifs is 1. The summed E-state index contributed by atoms with van der Waals surface area (Å²) in [5.41, 5.74) is 0.985. The molecule has 2 heterocycles. The standard InChI is InChI=1S/C11H10BrNO4/c1-3-6-10-5(4-7(12)17-10)9(14)8(13-6)11(15)16-2/h4,14H,3H2,1-2H3. The molecule has 0 aliphatic heterocycles. The minimum absolute atomic E-state index is 0.0925. The van der Waals surface area contributed by atoms with Crippen molar-refractivity contribution in [1.29, 1.82) is 0 Å². The summed E-state index contributed by atoms with van der Waals surface area (Å²) in [4.78, 5) is 15.5. The van der Waals surface area contributed by atoms with Gasteiger partial charge in [0.2, 0.25) is 0 Å². The maximum absolute atomic E-state index is 11.5. The van der Waals surface area contributed by atoms with Crippen molar-refractivity contribution in [1.82, 2.24) is 4.98 Å². The molecule has 0 aliphatic carbocycles. The zero-order chi connectivity index (χ0) is 12.6. The fraction of sp³-hybridized carbons (Fsp3) is 0.273. The van der Waals surface area contributed by atoms with Crippen LogP contribution in [0.4, 0.5) is 0 Å². The number of nitrogens with zero attached hydrogens (tertiary/aromatic N) is 1. The van der Waals surface area contributed by atoms with Crippen LogP contribution in [-0.4, -0.2) is 23.2 Å². The van der Waals surface area contributed by atoms with E-state index in [1.807, 2.05) is 6.92 Å². The zero-order valence-corrected chi connectivity index (χ0v) is 10.9. The summed E-state index contributed by atoms with van der Waals surface area (Å²) in [5.74, 6) is -0.894. The summed E-state index contributed by atoms with van der Waals surface area (Å²) >= 11 is 3.18. The average molecular weight is 300 g/mol. The van der Waals surface area contributed by atoms with Gasteiger partial charge in [0.05, 0.1) is 18.2 Å². The average Bonchev–Trinajstić information content (AvgIpc) is 2.71. The van der Waals surface area contributed by atoms with E-state index in [1.54, 1.807) is 6.07 Å². The Kier molecular flexibility index (Phi) is 3.06. The smallest absolute Gasteiger partial charge is 0.360 e. The second-order valence-electron chi connectivity index (χ2n) is 3.39. The van der Waals surface area contributed by atoms with Crippen molar-refractivity contribution in [2.45, 2.75) is 13.3 Å². The lowest BCUT2D eigenvalue weighted by Gasteiger charge is -2.05. The van der Waals surface area contributed by atoms with Gasteiger partial charge in [-0.3, -0.25) is 0 Å². The topological polar surface area (TPSA) is 72.6 Å². The van der Waals surface area contributed by atoms with E-state index in [2.05, 4.69) is 25.7 Å². The summed E-state index contributed by atoms with van der Waals surface area (Å²) in [6.07, 6.45) is 0.584. The van der Waals surface area contributed by atoms with Crippen LogP contribution in [0.15, 0.2) is 15.2 Å². The molecule has 2 aromatic heterocycles. The van der Waals surface area contributed by atoms with Crippen LogP contribution in [0.3, 0.4) is 0 Å². The number of pyridine rings is 1. The van der Waals surface area contributed by atoms with E-state index in [1.165, 1.54) is 7.11 Å². The number of carbonyl (C=O) groups excluding carboxylic acids is 1. The number of ether oxygens (including phenoxy) is 1. The molecule has 2 aromatic rings. The molecule has 0 saturated carbocycles. The van der Waals surface area contributed by atoms with Crippen LogP contribution < -0.4 is 0 Å². The predicted octanol–water partition coefficient (Wildman–Crippen LogP) is 2.64. The first-order valence-electron chi connectivity index (χ1n) is 4.97. The lowest BCUT2D eigenvalue weighted by atomic mass is 10.1. The first-order chi connectivity index (χ1) is 8.08. The minimum atomic E-state index is -0.670. The molecule has 90 valence electrons. The lowest BCUT2D eigenvalue weighted by molar-refractivity contribution is 0.0590. The van der Waals surface area contributed by atoms with Gasteiger partial charge in [0.15, 0.2) is 21.7 Å². The van der Waals surface area contributed by atoms with Crippen molar-refractivity contribution in [3.8, 4) is 5.75 Å². The highest BCUT2D eigenvalue weighted by atomic mass is 79.9. The molecule has 0 aromatic carbocycles. The molecule has 0 radical (unpaired) electrons. The van der Waals surface area contributed by atoms with Gasteiger partial charge < -0.3 is 14.3 Å². The molecule has 17 heavy (non-hydrogen) atoms. The summed E-state index contributed by atoms with van der Waals surface area (Å²) in [6, 6.07) is 1.60. The van der Waals surface area contributed by atoms with Gasteiger partial charge >= 0.3 is 5.97 Å². The van der Waals surface area contributed by atoms with E-state index >= 15 is 0 Å². The van der Waals surface area contributed by atoms with Gasteiger partial charge in [0, 0.05) is 6.07 Å². The zero-order valence-electron chi connectivity index (χ0n) is 9.28. The normalized spacial score (nSPS) is 10.8. The number of hydrogen-bond acceptors (Lipinski definition) is 5. The second kappa shape index (κ2) is 4.37. The molecule has 1 N–H and O–H groups in total. The number of aromatic nitrogens is 1. The number of carbonyl (C=O) groups is 1. The fourth-order valence-corrected chi connectivity index (χ4v) is 1.99. The Morgan fingerprint density at radius 2 is 2.35 bits per heavy atom. The second-order valence-corrected chi connectivity index (χ2v) is 4.18. The molecule has 0 unspecified atom stereocenters. The highest BCUT2D eigenvalue weighted by Crippen LogP contribution is 2.34. The van der Waals surface area contributed by atoms with Gasteiger partial charge in [-0.1, -0.05) is 6.92 Å². The van der Waals surface area contributed by atoms with Crippen molar-refractivity contribution in [3.63, 3.8) is 0 Å². The molecule has 0 amide bonds. The number of aryl methyl sites for hydroxylation is 1. The Morgan fingerprint density at radius 1 is 1.65 bits per heavy atom. The van der Waals surface area contributed by atoms with Gasteiger partial charge in [-0.2, -0.15) is 0 Å². The molecule has 0 atom stereocenters. The highest BCUT2D eigenvalue weighted by Gasteiger charge is 2.21. The first-order valence-corrected chi connectivity index (χ1v) is 5.77. The van der Waals surface area contributed by atoms with Crippen LogP contribution in [0, 0.1) is 0 Å². The number of aromatic hydroxyl groups is 1. The van der Waals surface area contributed by atoms with E-state index in [0.717, 1.165) is 0 Å². The molecule has 5 nitrogen and oxygen atoms in total.